The highest BCUT2D eigenvalue weighted by molar-refractivity contribution is 5.83. The summed E-state index contributed by atoms with van der Waals surface area (Å²) < 4.78 is 29.1. The van der Waals surface area contributed by atoms with E-state index in [1.165, 1.54) is 10.1 Å². The molecule has 0 radical (unpaired) electrons. The quantitative estimate of drug-likeness (QED) is 0.398. The van der Waals surface area contributed by atoms with Crippen LogP contribution in [0, 0.1) is 0 Å². The number of imidazole rings is 2. The van der Waals surface area contributed by atoms with Crippen molar-refractivity contribution in [2.75, 3.05) is 0 Å². The summed E-state index contributed by atoms with van der Waals surface area (Å²) in [6.07, 6.45) is 8.82. The van der Waals surface area contributed by atoms with E-state index in [1.54, 1.807) is 24.7 Å². The second-order valence-corrected chi connectivity index (χ2v) is 5.01. The summed E-state index contributed by atoms with van der Waals surface area (Å²) in [5, 5.41) is 0. The van der Waals surface area contributed by atoms with Crippen LogP contribution in [0.1, 0.15) is 9.68 Å². The second-order valence-electron chi connectivity index (χ2n) is 5.01. The molecule has 5 heteroatoms. The van der Waals surface area contributed by atoms with Gasteiger partial charge in [0.05, 0.1) is 17.3 Å². The highest BCUT2D eigenvalue weighted by Gasteiger charge is 2.32. The highest BCUT2D eigenvalue weighted by atomic mass is 15.2. The number of rotatable bonds is 0. The molecule has 0 aromatic carbocycles. The number of hydrogen-bond acceptors (Lipinski definition) is 2. The molecule has 5 rings (SSSR count). The van der Waals surface area contributed by atoms with E-state index < -0.39 is 6.98 Å². The number of hydrogen-bond donors (Lipinski definition) is 0. The van der Waals surface area contributed by atoms with Crippen molar-refractivity contribution in [3.05, 3.63) is 48.7 Å². The maximum absolute atomic E-state index is 7.89. The van der Waals surface area contributed by atoms with Gasteiger partial charge in [-0.3, -0.25) is 9.97 Å². The van der Waals surface area contributed by atoms with Gasteiger partial charge in [-0.05, 0) is 12.1 Å². The summed E-state index contributed by atoms with van der Waals surface area (Å²) in [7, 11) is 0. The van der Waals surface area contributed by atoms with E-state index in [-0.39, 0.29) is 0 Å². The molecule has 0 saturated heterocycles. The minimum atomic E-state index is -2.26. The van der Waals surface area contributed by atoms with Crippen molar-refractivity contribution in [3.63, 3.8) is 0 Å². The monoisotopic (exact) mass is 265 g/mol. The Bertz CT molecular complexity index is 1090. The predicted molar refractivity (Wildman–Crippen MR) is 74.2 cm³/mol. The standard InChI is InChI=1S/C15H12N5/c1-18-12-3-5-17-7-13(12)20-14(18)9-19-8-10-2-4-16-6-11(10)15(19)20/h2-7,9H,8H2,1H3/q+1/i1D3. The number of fused-ring (bicyclic) bond motifs is 7. The Labute approximate surface area is 119 Å². The van der Waals surface area contributed by atoms with Crippen LogP contribution in [0.15, 0.2) is 43.1 Å². The molecule has 5 nitrogen and oxygen atoms in total. The Morgan fingerprint density at radius 3 is 3.05 bits per heavy atom. The van der Waals surface area contributed by atoms with Gasteiger partial charge in [-0.15, -0.1) is 0 Å². The van der Waals surface area contributed by atoms with E-state index in [2.05, 4.69) is 14.5 Å². The minimum absolute atomic E-state index is 0.637. The lowest BCUT2D eigenvalue weighted by Crippen LogP contribution is -2.29. The first kappa shape index (κ1) is 7.79. The van der Waals surface area contributed by atoms with E-state index in [9.17, 15) is 0 Å². The molecule has 1 aliphatic heterocycles. The van der Waals surface area contributed by atoms with Crippen LogP contribution in [0.3, 0.4) is 0 Å². The Balaban J connectivity index is 2.00. The van der Waals surface area contributed by atoms with Crippen LogP contribution in [0.5, 0.6) is 0 Å². The summed E-state index contributed by atoms with van der Waals surface area (Å²) in [4.78, 5) is 8.39. The SMILES string of the molecule is [2H]C([2H])([2H])n1c2ccncc2n2c3[n+](cc12)Cc1ccncc1-3. The van der Waals surface area contributed by atoms with Gasteiger partial charge in [-0.2, -0.15) is 4.40 Å². The molecule has 0 amide bonds. The van der Waals surface area contributed by atoms with Crippen molar-refractivity contribution < 1.29 is 8.68 Å². The van der Waals surface area contributed by atoms with Crippen molar-refractivity contribution in [2.24, 2.45) is 6.98 Å². The van der Waals surface area contributed by atoms with Crippen LogP contribution < -0.4 is 4.57 Å². The fourth-order valence-corrected chi connectivity index (χ4v) is 3.10. The van der Waals surface area contributed by atoms with Gasteiger partial charge in [-0.25, -0.2) is 4.57 Å². The van der Waals surface area contributed by atoms with Crippen molar-refractivity contribution >= 4 is 16.7 Å². The van der Waals surface area contributed by atoms with Crippen molar-refractivity contribution in [1.29, 1.82) is 0 Å². The fourth-order valence-electron chi connectivity index (χ4n) is 3.10. The molecule has 20 heavy (non-hydrogen) atoms. The van der Waals surface area contributed by atoms with Gasteiger partial charge in [0.2, 0.25) is 5.65 Å². The molecular weight excluding hydrogens is 250 g/mol. The zero-order valence-corrected chi connectivity index (χ0v) is 10.5. The molecule has 4 aromatic heterocycles. The van der Waals surface area contributed by atoms with E-state index >= 15 is 0 Å². The Morgan fingerprint density at radius 2 is 2.10 bits per heavy atom. The summed E-state index contributed by atoms with van der Waals surface area (Å²) in [5.74, 6) is 0.948. The molecule has 0 bridgehead atoms. The number of pyridine rings is 2. The molecule has 0 aliphatic carbocycles. The highest BCUT2D eigenvalue weighted by Crippen LogP contribution is 2.30. The van der Waals surface area contributed by atoms with Crippen LogP contribution in [0.25, 0.3) is 28.1 Å². The van der Waals surface area contributed by atoms with Crippen molar-refractivity contribution in [3.8, 4) is 11.4 Å². The van der Waals surface area contributed by atoms with Gasteiger partial charge in [0.1, 0.15) is 6.54 Å². The smallest absolute Gasteiger partial charge is 0.298 e. The molecule has 5 heterocycles. The Morgan fingerprint density at radius 1 is 1.20 bits per heavy atom. The summed E-state index contributed by atoms with van der Waals surface area (Å²) in [6, 6.07) is 3.74. The maximum atomic E-state index is 7.89. The molecule has 96 valence electrons. The average molecular weight is 265 g/mol. The third-order valence-electron chi connectivity index (χ3n) is 3.97. The summed E-state index contributed by atoms with van der Waals surface area (Å²) >= 11 is 0. The zero-order chi connectivity index (χ0) is 15.8. The summed E-state index contributed by atoms with van der Waals surface area (Å²) in [6.45, 7) is -1.54. The normalized spacial score (nSPS) is 15.9. The number of aromatic nitrogens is 5. The average Bonchev–Trinajstić information content (AvgIpc) is 3.11. The molecule has 1 aliphatic rings. The van der Waals surface area contributed by atoms with Crippen LogP contribution in [0.4, 0.5) is 0 Å². The molecule has 0 unspecified atom stereocenters. The van der Waals surface area contributed by atoms with E-state index in [0.29, 0.717) is 11.2 Å². The molecular formula is C15H12N5+. The van der Waals surface area contributed by atoms with Crippen molar-refractivity contribution in [2.45, 2.75) is 6.54 Å². The lowest BCUT2D eigenvalue weighted by molar-refractivity contribution is -0.670. The topological polar surface area (TPSA) is 39.0 Å². The Kier molecular flexibility index (Phi) is 1.27. The first-order valence-corrected chi connectivity index (χ1v) is 6.39. The lowest BCUT2D eigenvalue weighted by atomic mass is 10.2. The van der Waals surface area contributed by atoms with Gasteiger partial charge in [0.25, 0.3) is 5.82 Å². The molecule has 4 aromatic rings. The molecule has 0 N–H and O–H groups in total. The van der Waals surface area contributed by atoms with Gasteiger partial charge < -0.3 is 4.57 Å². The van der Waals surface area contributed by atoms with Crippen LogP contribution in [0.2, 0.25) is 0 Å². The van der Waals surface area contributed by atoms with Gasteiger partial charge in [-0.1, -0.05) is 0 Å². The predicted octanol–water partition coefficient (Wildman–Crippen LogP) is 1.54. The largest absolute Gasteiger partial charge is 0.305 e. The van der Waals surface area contributed by atoms with Gasteiger partial charge in [0.15, 0.2) is 11.7 Å². The molecule has 0 spiro atoms. The van der Waals surface area contributed by atoms with Gasteiger partial charge in [0, 0.05) is 35.2 Å². The van der Waals surface area contributed by atoms with Gasteiger partial charge >= 0.3 is 0 Å². The number of aryl methyl sites for hydroxylation is 1. The molecule has 0 atom stereocenters. The fraction of sp³-hybridized carbons (Fsp3) is 0.133. The zero-order valence-electron chi connectivity index (χ0n) is 13.5. The molecule has 0 fully saturated rings. The lowest BCUT2D eigenvalue weighted by Gasteiger charge is -1.92. The molecule has 0 saturated carbocycles. The van der Waals surface area contributed by atoms with Crippen LogP contribution >= 0.6 is 0 Å². The third-order valence-corrected chi connectivity index (χ3v) is 3.97. The van der Waals surface area contributed by atoms with Crippen molar-refractivity contribution in [1.82, 2.24) is 18.9 Å². The second kappa shape index (κ2) is 3.25. The Hall–Kier alpha value is -2.69. The van der Waals surface area contributed by atoms with E-state index in [0.717, 1.165) is 23.4 Å². The van der Waals surface area contributed by atoms with E-state index in [1.807, 2.05) is 22.9 Å². The number of nitrogens with zero attached hydrogens (tertiary/aromatic N) is 5. The first-order valence-electron chi connectivity index (χ1n) is 7.89. The third kappa shape index (κ3) is 1.02. The van der Waals surface area contributed by atoms with Crippen LogP contribution in [-0.4, -0.2) is 18.9 Å². The van der Waals surface area contributed by atoms with E-state index in [4.69, 9.17) is 4.11 Å². The first-order chi connectivity index (χ1) is 11.1. The minimum Gasteiger partial charge on any atom is -0.305 e. The van der Waals surface area contributed by atoms with Crippen LogP contribution in [-0.2, 0) is 13.5 Å². The summed E-state index contributed by atoms with van der Waals surface area (Å²) in [5.41, 5.74) is 4.28. The maximum Gasteiger partial charge on any atom is 0.298 e.